The molecule has 0 saturated heterocycles. The maximum absolute atomic E-state index is 13.1. The summed E-state index contributed by atoms with van der Waals surface area (Å²) >= 11 is 0. The zero-order valence-corrected chi connectivity index (χ0v) is 26.3. The third-order valence-corrected chi connectivity index (χ3v) is 9.15. The third kappa shape index (κ3) is 4.12. The van der Waals surface area contributed by atoms with Crippen molar-refractivity contribution in [1.82, 2.24) is 4.58 Å². The van der Waals surface area contributed by atoms with Gasteiger partial charge in [0.15, 0.2) is 5.54 Å². The van der Waals surface area contributed by atoms with Gasteiger partial charge in [-0.3, -0.25) is 0 Å². The van der Waals surface area contributed by atoms with E-state index in [4.69, 9.17) is 9.47 Å². The Kier molecular flexibility index (Phi) is 6.49. The molecular weight excluding hydrogens is 520 g/mol. The van der Waals surface area contributed by atoms with Gasteiger partial charge in [0.1, 0.15) is 18.0 Å². The molecule has 6 rings (SSSR count). The molecule has 0 fully saturated rings. The first-order valence-corrected chi connectivity index (χ1v) is 15.0. The van der Waals surface area contributed by atoms with Crippen LogP contribution in [0.1, 0.15) is 88.0 Å². The van der Waals surface area contributed by atoms with Crippen LogP contribution in [-0.2, 0) is 4.74 Å². The number of esters is 1. The number of carbonyl (C=O) groups excluding carboxylic acids is 1. The van der Waals surface area contributed by atoms with E-state index < -0.39 is 0 Å². The molecule has 3 heterocycles. The molecule has 0 saturated carbocycles. The standard InChI is InChI=1S/C37H41N2O3/c1-10-38-30-18-32-28(16-26(30)22(3)20-36(38,5)6)34(24-14-12-13-15-25(24)35(40)41-9)29-17-27-23(4)21-37(7,8)39(11-2)31(27)19-33(29)42-32/h12-21H,10-11H2,1-9H3/q+1. The minimum atomic E-state index is -0.353. The maximum Gasteiger partial charge on any atom is 0.338 e. The van der Waals surface area contributed by atoms with Crippen molar-refractivity contribution in [3.8, 4) is 11.5 Å². The molecule has 0 amide bonds. The monoisotopic (exact) mass is 561 g/mol. The fraction of sp³-hybridized carbons (Fsp3) is 0.351. The number of allylic oxidation sites excluding steroid dienone is 2. The van der Waals surface area contributed by atoms with Gasteiger partial charge in [-0.25, -0.2) is 9.37 Å². The zero-order valence-electron chi connectivity index (χ0n) is 26.3. The number of hydrogen-bond acceptors (Lipinski definition) is 4. The molecule has 3 aliphatic heterocycles. The largest absolute Gasteiger partial charge is 0.465 e. The Morgan fingerprint density at radius 1 is 0.881 bits per heavy atom. The Morgan fingerprint density at radius 3 is 2.29 bits per heavy atom. The average molecular weight is 562 g/mol. The molecule has 0 aliphatic carbocycles. The maximum atomic E-state index is 13.1. The first-order chi connectivity index (χ1) is 19.9. The van der Waals surface area contributed by atoms with E-state index in [9.17, 15) is 4.79 Å². The first-order valence-electron chi connectivity index (χ1n) is 15.0. The SMILES string of the molecule is CCN1c2cc3c(cc2C(C)=CC1(C)C)C(c1ccccc1C(=O)OC)=c1cc2c(cc1O3)=[N+](CC)C(C)(C)C=C2C. The molecule has 3 aromatic rings. The fourth-order valence-corrected chi connectivity index (χ4v) is 7.47. The number of rotatable bonds is 4. The summed E-state index contributed by atoms with van der Waals surface area (Å²) in [6, 6.07) is 16.6. The van der Waals surface area contributed by atoms with Crippen molar-refractivity contribution in [2.45, 2.75) is 66.5 Å². The highest BCUT2D eigenvalue weighted by Gasteiger charge is 2.36. The summed E-state index contributed by atoms with van der Waals surface area (Å²) < 4.78 is 14.5. The molecule has 42 heavy (non-hydrogen) atoms. The smallest absolute Gasteiger partial charge is 0.338 e. The molecule has 216 valence electrons. The quantitative estimate of drug-likeness (QED) is 0.209. The van der Waals surface area contributed by atoms with Crippen molar-refractivity contribution in [2.24, 2.45) is 0 Å². The number of anilines is 1. The summed E-state index contributed by atoms with van der Waals surface area (Å²) in [7, 11) is 1.44. The second-order valence-corrected chi connectivity index (χ2v) is 12.7. The number of benzene rings is 3. The molecule has 0 N–H and O–H groups in total. The minimum absolute atomic E-state index is 0.118. The Labute approximate surface area is 249 Å². The van der Waals surface area contributed by atoms with Crippen LogP contribution in [0.4, 0.5) is 5.69 Å². The lowest BCUT2D eigenvalue weighted by molar-refractivity contribution is 0.0600. The Balaban J connectivity index is 1.77. The van der Waals surface area contributed by atoms with Gasteiger partial charge in [-0.2, -0.15) is 0 Å². The molecule has 0 radical (unpaired) electrons. The van der Waals surface area contributed by atoms with Crippen LogP contribution >= 0.6 is 0 Å². The van der Waals surface area contributed by atoms with Gasteiger partial charge in [-0.15, -0.1) is 0 Å². The summed E-state index contributed by atoms with van der Waals surface area (Å²) in [6.45, 7) is 19.5. The summed E-state index contributed by atoms with van der Waals surface area (Å²) in [5, 5.41) is 2.14. The van der Waals surface area contributed by atoms with Gasteiger partial charge in [-0.1, -0.05) is 24.3 Å². The van der Waals surface area contributed by atoms with Crippen molar-refractivity contribution < 1.29 is 14.3 Å². The van der Waals surface area contributed by atoms with Gasteiger partial charge in [0.2, 0.25) is 5.36 Å². The molecular formula is C37H41N2O3+. The first kappa shape index (κ1) is 28.0. The molecule has 0 atom stereocenters. The number of ether oxygens (including phenoxy) is 2. The van der Waals surface area contributed by atoms with E-state index in [1.165, 1.54) is 40.4 Å². The Hall–Kier alpha value is -4.12. The molecule has 3 aromatic carbocycles. The van der Waals surface area contributed by atoms with E-state index in [0.717, 1.165) is 46.5 Å². The molecule has 0 aromatic heterocycles. The number of hydrogen-bond donors (Lipinski definition) is 0. The molecule has 5 nitrogen and oxygen atoms in total. The van der Waals surface area contributed by atoms with Crippen molar-refractivity contribution in [1.29, 1.82) is 0 Å². The number of likely N-dealkylation sites (N-methyl/N-ethyl adjacent to an activating group) is 2. The van der Waals surface area contributed by atoms with E-state index in [0.29, 0.717) is 5.56 Å². The zero-order chi connectivity index (χ0) is 30.1. The van der Waals surface area contributed by atoms with E-state index in [2.05, 4.69) is 101 Å². The van der Waals surface area contributed by atoms with Crippen LogP contribution in [0.25, 0.3) is 16.7 Å². The van der Waals surface area contributed by atoms with Crippen molar-refractivity contribution in [2.75, 3.05) is 25.1 Å². The third-order valence-electron chi connectivity index (χ3n) is 9.15. The highest BCUT2D eigenvalue weighted by Crippen LogP contribution is 2.46. The van der Waals surface area contributed by atoms with Crippen LogP contribution < -0.4 is 24.8 Å². The van der Waals surface area contributed by atoms with E-state index in [1.54, 1.807) is 0 Å². The van der Waals surface area contributed by atoms with Crippen LogP contribution in [0.3, 0.4) is 0 Å². The van der Waals surface area contributed by atoms with Crippen LogP contribution in [0.15, 0.2) is 60.7 Å². The number of fused-ring (bicyclic) bond motifs is 4. The summed E-state index contributed by atoms with van der Waals surface area (Å²) in [6.07, 6.45) is 4.69. The van der Waals surface area contributed by atoms with Crippen molar-refractivity contribution in [3.63, 3.8) is 0 Å². The van der Waals surface area contributed by atoms with Gasteiger partial charge in [0, 0.05) is 59.6 Å². The second kappa shape index (κ2) is 9.72. The van der Waals surface area contributed by atoms with Gasteiger partial charge >= 0.3 is 5.97 Å². The lowest BCUT2D eigenvalue weighted by atomic mass is 9.83. The Bertz CT molecular complexity index is 1860. The molecule has 5 heteroatoms. The number of carbonyl (C=O) groups is 1. The molecule has 3 aliphatic rings. The molecule has 0 bridgehead atoms. The van der Waals surface area contributed by atoms with Crippen molar-refractivity contribution in [3.05, 3.63) is 99.1 Å². The Morgan fingerprint density at radius 2 is 1.60 bits per heavy atom. The normalized spacial score (nSPS) is 17.7. The topological polar surface area (TPSA) is 41.8 Å². The second-order valence-electron chi connectivity index (χ2n) is 12.7. The molecule has 0 spiro atoms. The van der Waals surface area contributed by atoms with E-state index in [1.807, 2.05) is 24.3 Å². The van der Waals surface area contributed by atoms with E-state index in [-0.39, 0.29) is 17.0 Å². The molecule has 0 unspecified atom stereocenters. The van der Waals surface area contributed by atoms with Gasteiger partial charge < -0.3 is 14.4 Å². The van der Waals surface area contributed by atoms with Crippen LogP contribution in [0.2, 0.25) is 0 Å². The van der Waals surface area contributed by atoms with Crippen molar-refractivity contribution >= 4 is 28.4 Å². The number of methoxy groups -OCH3 is 1. The van der Waals surface area contributed by atoms with Gasteiger partial charge in [0.25, 0.3) is 0 Å². The summed E-state index contributed by atoms with van der Waals surface area (Å²) in [4.78, 5) is 15.5. The predicted octanol–water partition coefficient (Wildman–Crippen LogP) is 6.55. The number of nitrogens with zero attached hydrogens (tertiary/aromatic N) is 2. The van der Waals surface area contributed by atoms with Crippen LogP contribution in [-0.4, -0.2) is 37.2 Å². The highest BCUT2D eigenvalue weighted by atomic mass is 16.5. The average Bonchev–Trinajstić information content (AvgIpc) is 2.93. The van der Waals surface area contributed by atoms with Crippen LogP contribution in [0, 0.1) is 0 Å². The minimum Gasteiger partial charge on any atom is -0.465 e. The summed E-state index contributed by atoms with van der Waals surface area (Å²) in [5.41, 5.74) is 9.11. The summed E-state index contributed by atoms with van der Waals surface area (Å²) in [5.74, 6) is 1.24. The lowest BCUT2D eigenvalue weighted by Gasteiger charge is -2.43. The highest BCUT2D eigenvalue weighted by molar-refractivity contribution is 6.00. The van der Waals surface area contributed by atoms with Gasteiger partial charge in [0.05, 0.1) is 24.3 Å². The van der Waals surface area contributed by atoms with Crippen LogP contribution in [0.5, 0.6) is 11.5 Å². The fourth-order valence-electron chi connectivity index (χ4n) is 7.47. The predicted molar refractivity (Wildman–Crippen MR) is 172 cm³/mol. The van der Waals surface area contributed by atoms with E-state index >= 15 is 0 Å². The van der Waals surface area contributed by atoms with Gasteiger partial charge in [-0.05, 0) is 82.5 Å². The lowest BCUT2D eigenvalue weighted by Crippen LogP contribution is -2.49.